The molecule has 148 valence electrons. The molecule has 2 rings (SSSR count). The minimum absolute atomic E-state index is 0.0416. The number of guanidine groups is 1. The average Bonchev–Trinajstić information content (AvgIpc) is 3.09. The second-order valence-corrected chi connectivity index (χ2v) is 7.83. The van der Waals surface area contributed by atoms with Crippen LogP contribution in [0.1, 0.15) is 16.9 Å². The molecule has 0 radical (unpaired) electrons. The quantitative estimate of drug-likeness (QED) is 0.154. The first-order valence-corrected chi connectivity index (χ1v) is 10.4. The Kier molecular flexibility index (Phi) is 7.55. The topological polar surface area (TPSA) is 176 Å². The lowest BCUT2D eigenvalue weighted by molar-refractivity contribution is -0.459. The van der Waals surface area contributed by atoms with Crippen LogP contribution in [0.3, 0.4) is 0 Å². The number of halogens is 2. The first-order chi connectivity index (χ1) is 12.7. The Hall–Kier alpha value is -1.74. The van der Waals surface area contributed by atoms with Crippen molar-refractivity contribution in [3.05, 3.63) is 32.6 Å². The van der Waals surface area contributed by atoms with Crippen LogP contribution < -0.4 is 21.4 Å². The van der Waals surface area contributed by atoms with Crippen LogP contribution >= 0.6 is 31.9 Å². The highest BCUT2D eigenvalue weighted by molar-refractivity contribution is 9.13. The molecule has 0 fully saturated rings. The maximum absolute atomic E-state index is 12.0. The molecule has 0 saturated carbocycles. The van der Waals surface area contributed by atoms with Crippen LogP contribution in [0.5, 0.6) is 0 Å². The molecule has 0 bridgehead atoms. The first kappa shape index (κ1) is 21.6. The third-order valence-corrected chi connectivity index (χ3v) is 5.36. The Morgan fingerprint density at radius 2 is 2.22 bits per heavy atom. The van der Waals surface area contributed by atoms with E-state index in [4.69, 9.17) is 5.73 Å². The van der Waals surface area contributed by atoms with Crippen molar-refractivity contribution < 1.29 is 26.9 Å². The Morgan fingerprint density at radius 1 is 1.48 bits per heavy atom. The van der Waals surface area contributed by atoms with Crippen LogP contribution in [-0.4, -0.2) is 55.4 Å². The van der Waals surface area contributed by atoms with E-state index in [0.717, 1.165) is 4.47 Å². The van der Waals surface area contributed by atoms with Crippen LogP contribution in [0, 0.1) is 0 Å². The Balaban J connectivity index is 1.84. The van der Waals surface area contributed by atoms with Crippen molar-refractivity contribution in [3.8, 4) is 0 Å². The fourth-order valence-electron chi connectivity index (χ4n) is 2.03. The van der Waals surface area contributed by atoms with Gasteiger partial charge in [-0.25, -0.2) is 8.42 Å². The van der Waals surface area contributed by atoms with Crippen molar-refractivity contribution >= 4 is 60.0 Å². The summed E-state index contributed by atoms with van der Waals surface area (Å²) in [6.45, 7) is 0.0677. The summed E-state index contributed by atoms with van der Waals surface area (Å²) in [7, 11) is -4.73. The van der Waals surface area contributed by atoms with Crippen molar-refractivity contribution in [1.82, 2.24) is 15.6 Å². The molecular formula is C13H16Br2N6O5S. The van der Waals surface area contributed by atoms with Crippen molar-refractivity contribution in [3.63, 3.8) is 0 Å². The number of amides is 1. The van der Waals surface area contributed by atoms with Crippen LogP contribution in [0.2, 0.25) is 0 Å². The molecule has 0 aromatic carbocycles. The number of nitrogens with one attached hydrogen (secondary N) is 4. The number of amidine groups is 1. The highest BCUT2D eigenvalue weighted by Crippen LogP contribution is 2.22. The molecule has 1 aromatic rings. The molecule has 0 aliphatic carbocycles. The normalized spacial score (nSPS) is 17.2. The first-order valence-electron chi connectivity index (χ1n) is 7.50. The van der Waals surface area contributed by atoms with E-state index in [2.05, 4.69) is 61.6 Å². The molecule has 27 heavy (non-hydrogen) atoms. The van der Waals surface area contributed by atoms with E-state index in [1.807, 2.05) is 0 Å². The van der Waals surface area contributed by atoms with Gasteiger partial charge in [-0.15, -0.1) is 0 Å². The summed E-state index contributed by atoms with van der Waals surface area (Å²) < 4.78 is 36.6. The third-order valence-electron chi connectivity index (χ3n) is 3.12. The van der Waals surface area contributed by atoms with Crippen molar-refractivity contribution in [1.29, 1.82) is 0 Å². The summed E-state index contributed by atoms with van der Waals surface area (Å²) >= 11 is 6.56. The Morgan fingerprint density at radius 3 is 2.85 bits per heavy atom. The highest BCUT2D eigenvalue weighted by atomic mass is 79.9. The summed E-state index contributed by atoms with van der Waals surface area (Å²) in [4.78, 5) is 21.7. The van der Waals surface area contributed by atoms with Gasteiger partial charge in [-0.05, 0) is 49.3 Å². The maximum atomic E-state index is 12.0. The van der Waals surface area contributed by atoms with Crippen LogP contribution in [0.25, 0.3) is 0 Å². The molecule has 1 aliphatic rings. The zero-order valence-electron chi connectivity index (χ0n) is 13.7. The maximum Gasteiger partial charge on any atom is 0.344 e. The van der Waals surface area contributed by atoms with Crippen molar-refractivity contribution in [2.24, 2.45) is 10.7 Å². The molecule has 1 amide bonds. The van der Waals surface area contributed by atoms with Gasteiger partial charge in [0.25, 0.3) is 5.91 Å². The van der Waals surface area contributed by atoms with E-state index >= 15 is 0 Å². The third kappa shape index (κ3) is 7.06. The van der Waals surface area contributed by atoms with E-state index in [1.165, 1.54) is 0 Å². The molecule has 0 spiro atoms. The molecule has 0 unspecified atom stereocenters. The lowest BCUT2D eigenvalue weighted by atomic mass is 10.3. The molecule has 14 heteroatoms. The number of aromatic amines is 1. The predicted octanol–water partition coefficient (Wildman–Crippen LogP) is -1.58. The van der Waals surface area contributed by atoms with Gasteiger partial charge in [0, 0.05) is 6.54 Å². The van der Waals surface area contributed by atoms with Gasteiger partial charge >= 0.3 is 11.8 Å². The summed E-state index contributed by atoms with van der Waals surface area (Å²) in [5.74, 6) is 0.280. The van der Waals surface area contributed by atoms with Gasteiger partial charge in [0.2, 0.25) is 10.4 Å². The van der Waals surface area contributed by atoms with Crippen LogP contribution in [0.15, 0.2) is 31.9 Å². The predicted molar refractivity (Wildman–Crippen MR) is 102 cm³/mol. The number of aromatic nitrogens is 1. The number of hydrogen-bond acceptors (Lipinski definition) is 7. The van der Waals surface area contributed by atoms with Gasteiger partial charge < -0.3 is 20.6 Å². The largest absolute Gasteiger partial charge is 0.726 e. The number of nitrogens with zero attached hydrogens (tertiary/aromatic N) is 1. The molecule has 2 heterocycles. The monoisotopic (exact) mass is 526 g/mol. The number of carbonyl (C=O) groups is 1. The molecule has 1 aromatic heterocycles. The summed E-state index contributed by atoms with van der Waals surface area (Å²) in [5, 5.41) is 5.58. The minimum atomic E-state index is -4.73. The smallest absolute Gasteiger partial charge is 0.344 e. The van der Waals surface area contributed by atoms with Gasteiger partial charge in [0.15, 0.2) is 0 Å². The SMILES string of the molecule is NC1=NC(=[NH+]CCOS(=O)(=O)[O-])/C(=C/CCNC(=O)c2cc(Br)c(Br)[nH]2)N1. The summed E-state index contributed by atoms with van der Waals surface area (Å²) in [5.41, 5.74) is 6.59. The van der Waals surface area contributed by atoms with Gasteiger partial charge in [0.05, 0.1) is 9.08 Å². The van der Waals surface area contributed by atoms with E-state index < -0.39 is 10.4 Å². The summed E-state index contributed by atoms with van der Waals surface area (Å²) in [6, 6.07) is 1.66. The van der Waals surface area contributed by atoms with Crippen LogP contribution in [-0.2, 0) is 14.6 Å². The lowest BCUT2D eigenvalue weighted by Gasteiger charge is -2.04. The number of carbonyl (C=O) groups excluding carboxylic acids is 1. The Bertz CT molecular complexity index is 889. The number of hydrogen-bond donors (Lipinski definition) is 5. The van der Waals surface area contributed by atoms with Gasteiger partial charge in [-0.3, -0.25) is 19.3 Å². The number of H-pyrrole nitrogens is 1. The van der Waals surface area contributed by atoms with E-state index in [9.17, 15) is 17.8 Å². The van der Waals surface area contributed by atoms with E-state index in [0.29, 0.717) is 34.8 Å². The molecule has 0 saturated heterocycles. The molecular weight excluding hydrogens is 512 g/mol. The van der Waals surface area contributed by atoms with Gasteiger partial charge in [0.1, 0.15) is 24.5 Å². The molecule has 1 aliphatic heterocycles. The van der Waals surface area contributed by atoms with Crippen molar-refractivity contribution in [2.75, 3.05) is 19.7 Å². The number of rotatable bonds is 8. The fraction of sp³-hybridized carbons (Fsp3) is 0.308. The average molecular weight is 528 g/mol. The number of nitrogens with two attached hydrogens (primary N) is 1. The second kappa shape index (κ2) is 9.45. The molecule has 11 nitrogen and oxygen atoms in total. The van der Waals surface area contributed by atoms with Gasteiger partial charge in [-0.2, -0.15) is 0 Å². The Labute approximate surface area is 171 Å². The van der Waals surface area contributed by atoms with E-state index in [1.54, 1.807) is 12.1 Å². The van der Waals surface area contributed by atoms with Crippen LogP contribution in [0.4, 0.5) is 0 Å². The molecule has 6 N–H and O–H groups in total. The number of aliphatic imine (C=N–C) groups is 1. The standard InChI is InChI=1S/C13H16Br2N6O5S/c14-7-6-9(19-10(7)15)12(22)18-3-1-2-8-11(21-13(16)20-8)17-4-5-26-27(23,24)25/h2,6,19H,1,3-5H2,(H,18,22)(H,23,24,25)(H3,16,17,20,21)/b8-2-. The molecule has 0 atom stereocenters. The zero-order valence-corrected chi connectivity index (χ0v) is 17.7. The lowest BCUT2D eigenvalue weighted by Crippen LogP contribution is -2.74. The second-order valence-electron chi connectivity index (χ2n) is 5.13. The highest BCUT2D eigenvalue weighted by Gasteiger charge is 2.24. The van der Waals surface area contributed by atoms with Gasteiger partial charge in [-0.1, -0.05) is 6.08 Å². The minimum Gasteiger partial charge on any atom is -0.726 e. The van der Waals surface area contributed by atoms with E-state index in [-0.39, 0.29) is 25.0 Å². The van der Waals surface area contributed by atoms with Crippen molar-refractivity contribution in [2.45, 2.75) is 6.42 Å². The summed E-state index contributed by atoms with van der Waals surface area (Å²) in [6.07, 6.45) is 2.24. The zero-order chi connectivity index (χ0) is 20.0. The fourth-order valence-corrected chi connectivity index (χ4v) is 2.97.